The molecule has 0 saturated carbocycles. The number of para-hydroxylation sites is 1. The van der Waals surface area contributed by atoms with Gasteiger partial charge in [-0.15, -0.1) is 11.3 Å². The first-order valence-electron chi connectivity index (χ1n) is 14.5. The predicted molar refractivity (Wildman–Crippen MR) is 163 cm³/mol. The monoisotopic (exact) mass is 622 g/mol. The Balaban J connectivity index is 1.68. The van der Waals surface area contributed by atoms with Crippen molar-refractivity contribution in [2.24, 2.45) is 5.92 Å². The van der Waals surface area contributed by atoms with Gasteiger partial charge in [0.05, 0.1) is 36.0 Å². The van der Waals surface area contributed by atoms with E-state index >= 15 is 0 Å². The molecule has 0 radical (unpaired) electrons. The van der Waals surface area contributed by atoms with Crippen LogP contribution in [-0.4, -0.2) is 56.9 Å². The van der Waals surface area contributed by atoms with Crippen molar-refractivity contribution >= 4 is 39.2 Å². The van der Waals surface area contributed by atoms with Gasteiger partial charge >= 0.3 is 17.7 Å². The van der Waals surface area contributed by atoms with Crippen molar-refractivity contribution in [3.63, 3.8) is 0 Å². The average Bonchev–Trinajstić information content (AvgIpc) is 3.70. The summed E-state index contributed by atoms with van der Waals surface area (Å²) in [6.07, 6.45) is 4.45. The summed E-state index contributed by atoms with van der Waals surface area (Å²) in [6, 6.07) is 6.70. The number of ketones is 1. The van der Waals surface area contributed by atoms with Gasteiger partial charge < -0.3 is 18.8 Å². The third-order valence-corrected chi connectivity index (χ3v) is 9.20. The molecule has 44 heavy (non-hydrogen) atoms. The van der Waals surface area contributed by atoms with Gasteiger partial charge in [-0.3, -0.25) is 23.7 Å². The van der Waals surface area contributed by atoms with Crippen LogP contribution in [0, 0.1) is 12.8 Å². The number of thiophene rings is 1. The second-order valence-electron chi connectivity index (χ2n) is 10.6. The third-order valence-electron chi connectivity index (χ3n) is 7.87. The Morgan fingerprint density at radius 1 is 1.11 bits per heavy atom. The number of methoxy groups -OCH3 is 1. The summed E-state index contributed by atoms with van der Waals surface area (Å²) >= 11 is 0.964. The van der Waals surface area contributed by atoms with Crippen LogP contribution in [0.15, 0.2) is 50.7 Å². The van der Waals surface area contributed by atoms with Crippen LogP contribution in [0.25, 0.3) is 16.2 Å². The van der Waals surface area contributed by atoms with Crippen molar-refractivity contribution in [2.45, 2.75) is 59.1 Å². The number of rotatable bonds is 10. The molecule has 1 fully saturated rings. The Kier molecular flexibility index (Phi) is 9.14. The number of esters is 1. The molecular formula is C31H34N4O8S. The standard InChI is InChI=1S/C31H34N4O8S/c1-5-23(36)43-22(20-11-7-8-12-21(20)41-4)17-34-29-24(28(39)35(31(34)40)30-32-13-16-42-30)18(2)26(44-29)25(37)19(3)27(38)33-14-9-6-10-15-33/h7-8,11-13,16,19,22H,5-6,9-10,14-15,17H2,1-4H3/t19?,22-/m0/s1. The lowest BCUT2D eigenvalue weighted by atomic mass is 9.99. The number of amides is 1. The van der Waals surface area contributed by atoms with Crippen LogP contribution in [-0.2, 0) is 20.9 Å². The number of benzene rings is 1. The highest BCUT2D eigenvalue weighted by Crippen LogP contribution is 2.34. The molecule has 1 unspecified atom stereocenters. The van der Waals surface area contributed by atoms with Crippen LogP contribution in [0.4, 0.5) is 0 Å². The van der Waals surface area contributed by atoms with Crippen LogP contribution in [0.1, 0.15) is 66.4 Å². The van der Waals surface area contributed by atoms with E-state index in [1.807, 2.05) is 0 Å². The molecule has 13 heteroatoms. The number of likely N-dealkylation sites (tertiary alicyclic amines) is 1. The van der Waals surface area contributed by atoms with Gasteiger partial charge in [-0.25, -0.2) is 9.78 Å². The molecule has 0 aliphatic carbocycles. The molecule has 1 aromatic carbocycles. The number of ether oxygens (including phenoxy) is 2. The van der Waals surface area contributed by atoms with Crippen LogP contribution >= 0.6 is 11.3 Å². The number of hydrogen-bond donors (Lipinski definition) is 0. The minimum Gasteiger partial charge on any atom is -0.496 e. The van der Waals surface area contributed by atoms with Crippen LogP contribution in [0.2, 0.25) is 0 Å². The first-order valence-corrected chi connectivity index (χ1v) is 15.3. The van der Waals surface area contributed by atoms with E-state index in [0.29, 0.717) is 30.0 Å². The van der Waals surface area contributed by atoms with Crippen LogP contribution < -0.4 is 16.0 Å². The highest BCUT2D eigenvalue weighted by Gasteiger charge is 2.33. The molecular weight excluding hydrogens is 588 g/mol. The lowest BCUT2D eigenvalue weighted by molar-refractivity contribution is -0.149. The lowest BCUT2D eigenvalue weighted by Gasteiger charge is -2.28. The molecule has 12 nitrogen and oxygen atoms in total. The zero-order chi connectivity index (χ0) is 31.5. The van der Waals surface area contributed by atoms with Crippen molar-refractivity contribution in [1.29, 1.82) is 0 Å². The van der Waals surface area contributed by atoms with E-state index in [1.54, 1.807) is 49.9 Å². The Labute approximate surface area is 256 Å². The summed E-state index contributed by atoms with van der Waals surface area (Å²) in [7, 11) is 1.48. The first kappa shape index (κ1) is 30.9. The molecule has 1 amide bonds. The summed E-state index contributed by atoms with van der Waals surface area (Å²) in [6.45, 7) is 5.84. The minimum absolute atomic E-state index is 0.0888. The van der Waals surface area contributed by atoms with Gasteiger partial charge in [0.25, 0.3) is 5.56 Å². The molecule has 4 aromatic rings. The fourth-order valence-corrected chi connectivity index (χ4v) is 6.80. The molecule has 0 bridgehead atoms. The zero-order valence-corrected chi connectivity index (χ0v) is 25.8. The zero-order valence-electron chi connectivity index (χ0n) is 25.0. The third kappa shape index (κ3) is 5.71. The number of carbonyl (C=O) groups excluding carboxylic acids is 3. The predicted octanol–water partition coefficient (Wildman–Crippen LogP) is 4.04. The SMILES string of the molecule is CCC(=O)O[C@@H](Cn1c(=O)n(-c2ncco2)c(=O)c2c(C)c(C(=O)C(C)C(=O)N3CCCCC3)sc21)c1ccccc1OC. The highest BCUT2D eigenvalue weighted by molar-refractivity contribution is 7.20. The Hall–Kier alpha value is -4.52. The molecule has 4 heterocycles. The molecule has 3 aromatic heterocycles. The smallest absolute Gasteiger partial charge is 0.340 e. The molecule has 1 aliphatic heterocycles. The number of fused-ring (bicyclic) bond motifs is 1. The largest absolute Gasteiger partial charge is 0.496 e. The molecule has 0 spiro atoms. The Bertz CT molecular complexity index is 1810. The number of carbonyl (C=O) groups is 3. The van der Waals surface area contributed by atoms with E-state index in [0.717, 1.165) is 35.2 Å². The lowest BCUT2D eigenvalue weighted by Crippen LogP contribution is -2.41. The summed E-state index contributed by atoms with van der Waals surface area (Å²) in [5.41, 5.74) is -0.663. The number of piperidine rings is 1. The van der Waals surface area contributed by atoms with E-state index in [4.69, 9.17) is 13.9 Å². The fourth-order valence-electron chi connectivity index (χ4n) is 5.47. The van der Waals surface area contributed by atoms with Gasteiger partial charge in [0.15, 0.2) is 5.78 Å². The van der Waals surface area contributed by atoms with E-state index in [9.17, 15) is 24.0 Å². The van der Waals surface area contributed by atoms with Crippen LogP contribution in [0.3, 0.4) is 0 Å². The summed E-state index contributed by atoms with van der Waals surface area (Å²) in [5.74, 6) is -1.73. The summed E-state index contributed by atoms with van der Waals surface area (Å²) < 4.78 is 18.7. The maximum Gasteiger partial charge on any atom is 0.340 e. The van der Waals surface area contributed by atoms with E-state index in [2.05, 4.69) is 4.98 Å². The molecule has 1 aliphatic rings. The molecule has 2 atom stereocenters. The topological polar surface area (TPSA) is 143 Å². The number of oxazole rings is 1. The van der Waals surface area contributed by atoms with Crippen molar-refractivity contribution < 1.29 is 28.3 Å². The van der Waals surface area contributed by atoms with Gasteiger partial charge in [-0.05, 0) is 44.7 Å². The number of aromatic nitrogens is 3. The van der Waals surface area contributed by atoms with Gasteiger partial charge in [-0.2, -0.15) is 4.57 Å². The second-order valence-corrected chi connectivity index (χ2v) is 11.6. The van der Waals surface area contributed by atoms with Crippen molar-refractivity contribution in [3.05, 3.63) is 73.6 Å². The van der Waals surface area contributed by atoms with Gasteiger partial charge in [0.2, 0.25) is 5.91 Å². The summed E-state index contributed by atoms with van der Waals surface area (Å²) in [4.78, 5) is 73.6. The minimum atomic E-state index is -0.990. The van der Waals surface area contributed by atoms with Crippen LogP contribution in [0.5, 0.6) is 5.75 Å². The van der Waals surface area contributed by atoms with Crippen molar-refractivity contribution in [3.8, 4) is 11.8 Å². The van der Waals surface area contributed by atoms with E-state index in [1.165, 1.54) is 24.1 Å². The molecule has 232 valence electrons. The van der Waals surface area contributed by atoms with Gasteiger partial charge in [0, 0.05) is 25.1 Å². The van der Waals surface area contributed by atoms with Gasteiger partial charge in [0.1, 0.15) is 22.9 Å². The second kappa shape index (κ2) is 13.0. The van der Waals surface area contributed by atoms with E-state index in [-0.39, 0.29) is 40.0 Å². The number of hydrogen-bond acceptors (Lipinski definition) is 10. The molecule has 0 N–H and O–H groups in total. The normalized spacial score (nSPS) is 14.8. The highest BCUT2D eigenvalue weighted by atomic mass is 32.1. The quantitative estimate of drug-likeness (QED) is 0.145. The van der Waals surface area contributed by atoms with Crippen molar-refractivity contribution in [1.82, 2.24) is 19.0 Å². The molecule has 5 rings (SSSR count). The summed E-state index contributed by atoms with van der Waals surface area (Å²) in [5, 5.41) is 0.106. The number of Topliss-reactive ketones (excluding diaryl/α,β-unsaturated/α-hetero) is 1. The molecule has 1 saturated heterocycles. The fraction of sp³-hybridized carbons (Fsp3) is 0.419. The maximum atomic E-state index is 14.0. The van der Waals surface area contributed by atoms with Gasteiger partial charge in [-0.1, -0.05) is 25.1 Å². The Morgan fingerprint density at radius 2 is 1.84 bits per heavy atom. The average molecular weight is 623 g/mol. The Morgan fingerprint density at radius 3 is 2.50 bits per heavy atom. The first-order chi connectivity index (χ1) is 21.2. The van der Waals surface area contributed by atoms with E-state index < -0.39 is 35.0 Å². The maximum absolute atomic E-state index is 14.0. The number of nitrogens with zero attached hydrogens (tertiary/aromatic N) is 4. The van der Waals surface area contributed by atoms with Crippen molar-refractivity contribution in [2.75, 3.05) is 20.2 Å². The number of aryl methyl sites for hydroxylation is 1.